The zero-order chi connectivity index (χ0) is 13.8. The van der Waals surface area contributed by atoms with Gasteiger partial charge in [0.1, 0.15) is 5.75 Å². The molecule has 0 spiro atoms. The van der Waals surface area contributed by atoms with Crippen molar-refractivity contribution in [3.8, 4) is 5.75 Å². The molecule has 1 fully saturated rings. The second-order valence-electron chi connectivity index (χ2n) is 5.47. The van der Waals surface area contributed by atoms with E-state index >= 15 is 0 Å². The van der Waals surface area contributed by atoms with E-state index in [0.717, 1.165) is 30.9 Å². The van der Waals surface area contributed by atoms with Gasteiger partial charge in [0, 0.05) is 18.6 Å². The van der Waals surface area contributed by atoms with Crippen molar-refractivity contribution in [3.63, 3.8) is 0 Å². The minimum absolute atomic E-state index is 0.0145. The lowest BCUT2D eigenvalue weighted by molar-refractivity contribution is 0.196. The fraction of sp³-hybridized carbons (Fsp3) is 0.600. The summed E-state index contributed by atoms with van der Waals surface area (Å²) in [6.07, 6.45) is 1.20. The molecule has 0 saturated carbocycles. The summed E-state index contributed by atoms with van der Waals surface area (Å²) in [6, 6.07) is 8.46. The number of methoxy groups -OCH3 is 1. The van der Waals surface area contributed by atoms with Crippen molar-refractivity contribution in [2.24, 2.45) is 5.73 Å². The first-order valence-electron chi connectivity index (χ1n) is 6.90. The van der Waals surface area contributed by atoms with Crippen LogP contribution >= 0.6 is 0 Å². The summed E-state index contributed by atoms with van der Waals surface area (Å²) in [6.45, 7) is 3.26. The summed E-state index contributed by atoms with van der Waals surface area (Å²) in [5, 5.41) is 0. The molecule has 0 amide bonds. The molecule has 2 atom stereocenters. The number of likely N-dealkylation sites (N-methyl/N-ethyl adjacent to an activating group) is 2. The molecule has 2 N–H and O–H groups in total. The van der Waals surface area contributed by atoms with Crippen molar-refractivity contribution >= 4 is 0 Å². The lowest BCUT2D eigenvalue weighted by Crippen LogP contribution is -2.45. The molecule has 1 saturated heterocycles. The predicted octanol–water partition coefficient (Wildman–Crippen LogP) is 1.33. The highest BCUT2D eigenvalue weighted by Gasteiger charge is 2.27. The normalized spacial score (nSPS) is 23.9. The molecule has 2 rings (SSSR count). The average Bonchev–Trinajstić information content (AvgIpc) is 2.59. The van der Waals surface area contributed by atoms with Gasteiger partial charge >= 0.3 is 0 Å². The summed E-state index contributed by atoms with van der Waals surface area (Å²) in [5.41, 5.74) is 7.64. The van der Waals surface area contributed by atoms with Crippen molar-refractivity contribution in [1.82, 2.24) is 9.80 Å². The minimum atomic E-state index is 0.0145. The maximum absolute atomic E-state index is 6.49. The summed E-state index contributed by atoms with van der Waals surface area (Å²) in [4.78, 5) is 4.75. The Morgan fingerprint density at radius 1 is 1.32 bits per heavy atom. The molecular weight excluding hydrogens is 238 g/mol. The van der Waals surface area contributed by atoms with Gasteiger partial charge in [-0.3, -0.25) is 0 Å². The molecule has 2 unspecified atom stereocenters. The van der Waals surface area contributed by atoms with Gasteiger partial charge < -0.3 is 20.3 Å². The van der Waals surface area contributed by atoms with Gasteiger partial charge in [-0.25, -0.2) is 0 Å². The van der Waals surface area contributed by atoms with Crippen LogP contribution in [0.25, 0.3) is 0 Å². The Kier molecular flexibility index (Phi) is 4.80. The Morgan fingerprint density at radius 3 is 2.84 bits per heavy atom. The van der Waals surface area contributed by atoms with E-state index in [1.807, 2.05) is 18.2 Å². The van der Waals surface area contributed by atoms with Crippen molar-refractivity contribution < 1.29 is 4.74 Å². The molecule has 4 heteroatoms. The van der Waals surface area contributed by atoms with Crippen LogP contribution < -0.4 is 10.5 Å². The fourth-order valence-corrected chi connectivity index (χ4v) is 2.76. The number of nitrogens with two attached hydrogens (primary N) is 1. The molecule has 0 aromatic heterocycles. The van der Waals surface area contributed by atoms with Crippen molar-refractivity contribution in [2.45, 2.75) is 18.5 Å². The van der Waals surface area contributed by atoms with E-state index in [4.69, 9.17) is 10.5 Å². The Bertz CT molecular complexity index is 410. The van der Waals surface area contributed by atoms with E-state index in [0.29, 0.717) is 6.04 Å². The molecule has 1 aromatic rings. The van der Waals surface area contributed by atoms with Gasteiger partial charge in [0.25, 0.3) is 0 Å². The Balaban J connectivity index is 2.17. The molecule has 0 bridgehead atoms. The van der Waals surface area contributed by atoms with E-state index in [1.54, 1.807) is 7.11 Å². The summed E-state index contributed by atoms with van der Waals surface area (Å²) in [5.74, 6) is 0.873. The van der Waals surface area contributed by atoms with Crippen LogP contribution in [0.15, 0.2) is 24.3 Å². The van der Waals surface area contributed by atoms with E-state index < -0.39 is 0 Å². The molecule has 1 aliphatic rings. The van der Waals surface area contributed by atoms with Crippen molar-refractivity contribution in [1.29, 1.82) is 0 Å². The Hall–Kier alpha value is -1.10. The van der Waals surface area contributed by atoms with Gasteiger partial charge in [0.15, 0.2) is 0 Å². The molecule has 0 radical (unpaired) electrons. The third kappa shape index (κ3) is 3.47. The van der Waals surface area contributed by atoms with Crippen LogP contribution in [0.1, 0.15) is 18.0 Å². The quantitative estimate of drug-likeness (QED) is 0.893. The Labute approximate surface area is 116 Å². The van der Waals surface area contributed by atoms with Gasteiger partial charge in [0.2, 0.25) is 0 Å². The van der Waals surface area contributed by atoms with Crippen LogP contribution in [0.4, 0.5) is 0 Å². The van der Waals surface area contributed by atoms with E-state index in [9.17, 15) is 0 Å². The Morgan fingerprint density at radius 2 is 2.11 bits per heavy atom. The summed E-state index contributed by atoms with van der Waals surface area (Å²) in [7, 11) is 6.03. The summed E-state index contributed by atoms with van der Waals surface area (Å²) < 4.78 is 5.29. The van der Waals surface area contributed by atoms with Crippen molar-refractivity contribution in [2.75, 3.05) is 40.8 Å². The van der Waals surface area contributed by atoms with Crippen LogP contribution in [-0.2, 0) is 0 Å². The predicted molar refractivity (Wildman–Crippen MR) is 78.5 cm³/mol. The van der Waals surface area contributed by atoms with Gasteiger partial charge in [-0.05, 0) is 51.3 Å². The zero-order valence-electron chi connectivity index (χ0n) is 12.2. The van der Waals surface area contributed by atoms with Crippen LogP contribution in [0.5, 0.6) is 5.75 Å². The third-order valence-corrected chi connectivity index (χ3v) is 4.01. The highest BCUT2D eigenvalue weighted by molar-refractivity contribution is 5.31. The van der Waals surface area contributed by atoms with E-state index in [-0.39, 0.29) is 6.04 Å². The number of rotatable bonds is 3. The fourth-order valence-electron chi connectivity index (χ4n) is 2.76. The zero-order valence-corrected chi connectivity index (χ0v) is 12.2. The first-order chi connectivity index (χ1) is 9.11. The number of hydrogen-bond donors (Lipinski definition) is 1. The smallest absolute Gasteiger partial charge is 0.119 e. The highest BCUT2D eigenvalue weighted by Crippen LogP contribution is 2.24. The second-order valence-corrected chi connectivity index (χ2v) is 5.47. The molecule has 1 aromatic carbocycles. The SMILES string of the molecule is COc1cccc(C(N)C2CN(C)CCCN2C)c1. The topological polar surface area (TPSA) is 41.7 Å². The number of nitrogens with zero attached hydrogens (tertiary/aromatic N) is 2. The third-order valence-electron chi connectivity index (χ3n) is 4.01. The van der Waals surface area contributed by atoms with Crippen molar-refractivity contribution in [3.05, 3.63) is 29.8 Å². The van der Waals surface area contributed by atoms with Crippen LogP contribution in [0, 0.1) is 0 Å². The number of benzene rings is 1. The standard InChI is InChI=1S/C15H25N3O/c1-17-8-5-9-18(2)14(11-17)15(16)12-6-4-7-13(10-12)19-3/h4,6-7,10,14-15H,5,8-9,11,16H2,1-3H3. The number of hydrogen-bond acceptors (Lipinski definition) is 4. The van der Waals surface area contributed by atoms with Crippen LogP contribution in [0.3, 0.4) is 0 Å². The molecule has 106 valence electrons. The lowest BCUT2D eigenvalue weighted by atomic mass is 9.98. The molecule has 4 nitrogen and oxygen atoms in total. The minimum Gasteiger partial charge on any atom is -0.497 e. The van der Waals surface area contributed by atoms with E-state index in [2.05, 4.69) is 30.0 Å². The van der Waals surface area contributed by atoms with Gasteiger partial charge in [-0.1, -0.05) is 12.1 Å². The first-order valence-corrected chi connectivity index (χ1v) is 6.90. The largest absolute Gasteiger partial charge is 0.497 e. The maximum Gasteiger partial charge on any atom is 0.119 e. The molecule has 1 heterocycles. The average molecular weight is 263 g/mol. The highest BCUT2D eigenvalue weighted by atomic mass is 16.5. The monoisotopic (exact) mass is 263 g/mol. The van der Waals surface area contributed by atoms with Crippen LogP contribution in [0.2, 0.25) is 0 Å². The van der Waals surface area contributed by atoms with Gasteiger partial charge in [0.05, 0.1) is 7.11 Å². The first kappa shape index (κ1) is 14.3. The maximum atomic E-state index is 6.49. The summed E-state index contributed by atoms with van der Waals surface area (Å²) >= 11 is 0. The molecule has 19 heavy (non-hydrogen) atoms. The number of ether oxygens (including phenoxy) is 1. The molecule has 1 aliphatic heterocycles. The lowest BCUT2D eigenvalue weighted by Gasteiger charge is -2.32. The van der Waals surface area contributed by atoms with E-state index in [1.165, 1.54) is 6.42 Å². The molecular formula is C15H25N3O. The van der Waals surface area contributed by atoms with Gasteiger partial charge in [-0.2, -0.15) is 0 Å². The van der Waals surface area contributed by atoms with Crippen LogP contribution in [-0.4, -0.2) is 56.7 Å². The second kappa shape index (κ2) is 6.37. The van der Waals surface area contributed by atoms with Gasteiger partial charge in [-0.15, -0.1) is 0 Å². The molecule has 0 aliphatic carbocycles.